The van der Waals surface area contributed by atoms with Crippen LogP contribution in [0.3, 0.4) is 0 Å². The number of hydrogen-bond donors (Lipinski definition) is 0. The maximum atomic E-state index is 11.8. The maximum absolute atomic E-state index is 11.8. The minimum atomic E-state index is -2.33. The minimum absolute atomic E-state index is 0.307. The summed E-state index contributed by atoms with van der Waals surface area (Å²) in [6, 6.07) is 15.2. The van der Waals surface area contributed by atoms with Crippen LogP contribution in [0, 0.1) is 0 Å². The smallest absolute Gasteiger partial charge is 0.338 e. The van der Waals surface area contributed by atoms with E-state index in [0.29, 0.717) is 12.2 Å². The normalized spacial score (nSPS) is 11.4. The molecule has 2 aromatic heterocycles. The van der Waals surface area contributed by atoms with Crippen molar-refractivity contribution in [3.8, 4) is 0 Å². The molecule has 0 aliphatic rings. The van der Waals surface area contributed by atoms with Crippen molar-refractivity contribution in [1.29, 1.82) is 0 Å². The van der Waals surface area contributed by atoms with Gasteiger partial charge < -0.3 is 13.6 Å². The number of carbonyl (C=O) groups is 1. The summed E-state index contributed by atoms with van der Waals surface area (Å²) >= 11 is 0. The predicted octanol–water partition coefficient (Wildman–Crippen LogP) is 2.15. The second-order valence-corrected chi connectivity index (χ2v) is 9.19. The SMILES string of the molecule is CCOC(=O)c1ccc([Si](C)(c2ccco2)c2ccco2)cc1. The fourth-order valence-corrected chi connectivity index (χ4v) is 5.80. The molecule has 2 heterocycles. The van der Waals surface area contributed by atoms with Crippen LogP contribution < -0.4 is 16.0 Å². The van der Waals surface area contributed by atoms with Gasteiger partial charge in [-0.15, -0.1) is 0 Å². The van der Waals surface area contributed by atoms with E-state index in [-0.39, 0.29) is 5.97 Å². The Labute approximate surface area is 135 Å². The van der Waals surface area contributed by atoms with Crippen LogP contribution in [0.25, 0.3) is 0 Å². The van der Waals surface area contributed by atoms with E-state index in [1.54, 1.807) is 31.6 Å². The zero-order valence-electron chi connectivity index (χ0n) is 13.1. The standard InChI is InChI=1S/C18H18O4Si/c1-3-20-18(19)14-8-10-15(11-9-14)23(2,16-6-4-12-21-16)17-7-5-13-22-17/h4-13H,3H2,1-2H3. The first kappa shape index (κ1) is 15.4. The van der Waals surface area contributed by atoms with Crippen LogP contribution in [0.4, 0.5) is 0 Å². The summed E-state index contributed by atoms with van der Waals surface area (Å²) in [4.78, 5) is 11.8. The highest BCUT2D eigenvalue weighted by molar-refractivity contribution is 7.09. The van der Waals surface area contributed by atoms with Crippen LogP contribution in [0.15, 0.2) is 69.9 Å². The van der Waals surface area contributed by atoms with Crippen molar-refractivity contribution in [2.75, 3.05) is 6.61 Å². The number of esters is 1. The Hall–Kier alpha value is -2.53. The lowest BCUT2D eigenvalue weighted by molar-refractivity contribution is 0.0526. The van der Waals surface area contributed by atoms with E-state index in [9.17, 15) is 4.79 Å². The van der Waals surface area contributed by atoms with Crippen LogP contribution in [0.5, 0.6) is 0 Å². The van der Waals surface area contributed by atoms with Crippen LogP contribution in [0.2, 0.25) is 6.55 Å². The van der Waals surface area contributed by atoms with E-state index < -0.39 is 8.07 Å². The number of hydrogen-bond acceptors (Lipinski definition) is 4. The molecule has 0 fully saturated rings. The first-order valence-corrected chi connectivity index (χ1v) is 10.0. The van der Waals surface area contributed by atoms with Gasteiger partial charge in [0.25, 0.3) is 0 Å². The van der Waals surface area contributed by atoms with E-state index in [1.807, 2.05) is 36.4 Å². The number of ether oxygens (including phenoxy) is 1. The Kier molecular flexibility index (Phi) is 4.21. The van der Waals surface area contributed by atoms with Gasteiger partial charge in [-0.2, -0.15) is 0 Å². The first-order valence-electron chi connectivity index (χ1n) is 7.52. The number of rotatable bonds is 5. The molecule has 118 valence electrons. The number of carbonyl (C=O) groups excluding carboxylic acids is 1. The third-order valence-corrected chi connectivity index (χ3v) is 8.03. The molecule has 0 unspecified atom stereocenters. The molecule has 0 N–H and O–H groups in total. The van der Waals surface area contributed by atoms with Crippen LogP contribution >= 0.6 is 0 Å². The monoisotopic (exact) mass is 326 g/mol. The molecule has 0 amide bonds. The molecule has 5 heteroatoms. The molecule has 0 saturated heterocycles. The lowest BCUT2D eigenvalue weighted by Gasteiger charge is -2.23. The average Bonchev–Trinajstić information content (AvgIpc) is 3.28. The molecular weight excluding hydrogens is 308 g/mol. The van der Waals surface area contributed by atoms with E-state index in [2.05, 4.69) is 6.55 Å². The molecule has 0 saturated carbocycles. The Morgan fingerprint density at radius 3 is 2.00 bits per heavy atom. The molecule has 0 aliphatic heterocycles. The lowest BCUT2D eigenvalue weighted by Crippen LogP contribution is -2.64. The quantitative estimate of drug-likeness (QED) is 0.532. The molecule has 0 bridgehead atoms. The number of furan rings is 2. The molecule has 0 atom stereocenters. The summed E-state index contributed by atoms with van der Waals surface area (Å²) in [5, 5.41) is 2.93. The molecule has 1 aromatic carbocycles. The second kappa shape index (κ2) is 6.30. The van der Waals surface area contributed by atoms with Crippen molar-refractivity contribution >= 4 is 30.0 Å². The zero-order chi connectivity index (χ0) is 16.3. The Morgan fingerprint density at radius 2 is 1.57 bits per heavy atom. The van der Waals surface area contributed by atoms with Crippen LogP contribution in [0.1, 0.15) is 17.3 Å². The molecule has 3 rings (SSSR count). The van der Waals surface area contributed by atoms with Gasteiger partial charge in [-0.05, 0) is 48.5 Å². The van der Waals surface area contributed by atoms with Gasteiger partial charge in [0.05, 0.1) is 35.5 Å². The van der Waals surface area contributed by atoms with Crippen molar-refractivity contribution < 1.29 is 18.4 Å². The van der Waals surface area contributed by atoms with Gasteiger partial charge in [0.15, 0.2) is 0 Å². The fourth-order valence-electron chi connectivity index (χ4n) is 2.69. The molecule has 23 heavy (non-hydrogen) atoms. The molecule has 3 aromatic rings. The third-order valence-electron chi connectivity index (χ3n) is 4.00. The Bertz CT molecular complexity index is 724. The van der Waals surface area contributed by atoms with Gasteiger partial charge in [0.2, 0.25) is 8.07 Å². The summed E-state index contributed by atoms with van der Waals surface area (Å²) in [5.74, 6) is -0.307. The van der Waals surface area contributed by atoms with Gasteiger partial charge >= 0.3 is 5.97 Å². The minimum Gasteiger partial charge on any atom is -0.473 e. The molecule has 0 aliphatic carbocycles. The molecule has 4 nitrogen and oxygen atoms in total. The predicted molar refractivity (Wildman–Crippen MR) is 90.3 cm³/mol. The highest BCUT2D eigenvalue weighted by Crippen LogP contribution is 2.09. The summed E-state index contributed by atoms with van der Waals surface area (Å²) in [7, 11) is -2.33. The van der Waals surface area contributed by atoms with Crippen molar-refractivity contribution in [2.24, 2.45) is 0 Å². The molecular formula is C18H18O4Si. The van der Waals surface area contributed by atoms with Gasteiger partial charge in [-0.1, -0.05) is 18.7 Å². The Balaban J connectivity index is 2.03. The summed E-state index contributed by atoms with van der Waals surface area (Å²) in [6.07, 6.45) is 3.35. The summed E-state index contributed by atoms with van der Waals surface area (Å²) < 4.78 is 16.4. The summed E-state index contributed by atoms with van der Waals surface area (Å²) in [5.41, 5.74) is 0.547. The van der Waals surface area contributed by atoms with Crippen molar-refractivity contribution in [1.82, 2.24) is 0 Å². The highest BCUT2D eigenvalue weighted by atomic mass is 28.3. The van der Waals surface area contributed by atoms with Gasteiger partial charge in [0, 0.05) is 0 Å². The van der Waals surface area contributed by atoms with E-state index in [1.165, 1.54) is 0 Å². The van der Waals surface area contributed by atoms with E-state index >= 15 is 0 Å². The first-order chi connectivity index (χ1) is 11.2. The van der Waals surface area contributed by atoms with Gasteiger partial charge in [0.1, 0.15) is 0 Å². The number of benzene rings is 1. The van der Waals surface area contributed by atoms with Crippen molar-refractivity contribution in [3.63, 3.8) is 0 Å². The zero-order valence-corrected chi connectivity index (χ0v) is 14.1. The topological polar surface area (TPSA) is 52.6 Å². The van der Waals surface area contributed by atoms with Crippen molar-refractivity contribution in [3.05, 3.63) is 66.6 Å². The molecule has 0 spiro atoms. The summed E-state index contributed by atoms with van der Waals surface area (Å²) in [6.45, 7) is 4.33. The van der Waals surface area contributed by atoms with Crippen molar-refractivity contribution in [2.45, 2.75) is 13.5 Å². The lowest BCUT2D eigenvalue weighted by atomic mass is 10.2. The second-order valence-electron chi connectivity index (χ2n) is 5.38. The molecule has 0 radical (unpaired) electrons. The highest BCUT2D eigenvalue weighted by Gasteiger charge is 2.40. The fraction of sp³-hybridized carbons (Fsp3) is 0.167. The van der Waals surface area contributed by atoms with E-state index in [4.69, 9.17) is 13.6 Å². The van der Waals surface area contributed by atoms with Gasteiger partial charge in [-0.25, -0.2) is 4.79 Å². The average molecular weight is 326 g/mol. The third kappa shape index (κ3) is 2.75. The van der Waals surface area contributed by atoms with Crippen LogP contribution in [-0.4, -0.2) is 20.7 Å². The van der Waals surface area contributed by atoms with Crippen LogP contribution in [-0.2, 0) is 4.74 Å². The Morgan fingerprint density at radius 1 is 1.00 bits per heavy atom. The van der Waals surface area contributed by atoms with E-state index in [0.717, 1.165) is 16.0 Å². The van der Waals surface area contributed by atoms with Gasteiger partial charge in [-0.3, -0.25) is 0 Å². The largest absolute Gasteiger partial charge is 0.473 e. The maximum Gasteiger partial charge on any atom is 0.338 e.